The van der Waals surface area contributed by atoms with Crippen LogP contribution >= 0.6 is 0 Å². The summed E-state index contributed by atoms with van der Waals surface area (Å²) in [6.45, 7) is 5.42. The smallest absolute Gasteiger partial charge is 0.337 e. The van der Waals surface area contributed by atoms with E-state index in [1.54, 1.807) is 37.5 Å². The topological polar surface area (TPSA) is 81.4 Å². The van der Waals surface area contributed by atoms with Gasteiger partial charge >= 0.3 is 11.9 Å². The Bertz CT molecular complexity index is 675. The molecule has 20 heavy (non-hydrogen) atoms. The third-order valence-electron chi connectivity index (χ3n) is 3.13. The SMILES string of the molecule is CCOC(=O)C(C)n1c(C)nc2cccc(C(=O)O)c21. The van der Waals surface area contributed by atoms with Gasteiger partial charge in [-0.3, -0.25) is 0 Å². The summed E-state index contributed by atoms with van der Waals surface area (Å²) in [6, 6.07) is 4.24. The Morgan fingerprint density at radius 3 is 2.75 bits per heavy atom. The number of para-hydroxylation sites is 1. The zero-order valence-corrected chi connectivity index (χ0v) is 11.6. The van der Waals surface area contributed by atoms with Gasteiger partial charge < -0.3 is 14.4 Å². The van der Waals surface area contributed by atoms with Crippen LogP contribution in [0.1, 0.15) is 36.1 Å². The molecule has 0 aliphatic heterocycles. The average molecular weight is 276 g/mol. The Morgan fingerprint density at radius 1 is 1.45 bits per heavy atom. The van der Waals surface area contributed by atoms with Crippen molar-refractivity contribution in [2.24, 2.45) is 0 Å². The molecule has 0 saturated carbocycles. The number of benzene rings is 1. The molecule has 0 amide bonds. The first-order chi connectivity index (χ1) is 9.47. The number of ether oxygens (including phenoxy) is 1. The van der Waals surface area contributed by atoms with Crippen molar-refractivity contribution in [3.05, 3.63) is 29.6 Å². The van der Waals surface area contributed by atoms with Gasteiger partial charge in [-0.05, 0) is 32.9 Å². The normalized spacial score (nSPS) is 12.3. The molecule has 0 saturated heterocycles. The number of carboxylic acids is 1. The zero-order chi connectivity index (χ0) is 14.9. The van der Waals surface area contributed by atoms with E-state index in [0.29, 0.717) is 16.9 Å². The monoisotopic (exact) mass is 276 g/mol. The molecule has 2 rings (SSSR count). The largest absolute Gasteiger partial charge is 0.478 e. The molecule has 6 nitrogen and oxygen atoms in total. The van der Waals surface area contributed by atoms with Crippen LogP contribution in [0.25, 0.3) is 11.0 Å². The Kier molecular flexibility index (Phi) is 3.74. The number of fused-ring (bicyclic) bond motifs is 1. The summed E-state index contributed by atoms with van der Waals surface area (Å²) in [6.07, 6.45) is 0. The molecule has 0 fully saturated rings. The number of imidazole rings is 1. The van der Waals surface area contributed by atoms with Crippen LogP contribution in [0.2, 0.25) is 0 Å². The maximum Gasteiger partial charge on any atom is 0.337 e. The van der Waals surface area contributed by atoms with Crippen LogP contribution < -0.4 is 0 Å². The number of aryl methyl sites for hydroxylation is 1. The van der Waals surface area contributed by atoms with Gasteiger partial charge in [0.15, 0.2) is 0 Å². The third-order valence-corrected chi connectivity index (χ3v) is 3.13. The van der Waals surface area contributed by atoms with Crippen molar-refractivity contribution in [1.29, 1.82) is 0 Å². The summed E-state index contributed by atoms with van der Waals surface area (Å²) in [7, 11) is 0. The number of aromatic nitrogens is 2. The van der Waals surface area contributed by atoms with E-state index in [4.69, 9.17) is 4.74 Å². The fourth-order valence-electron chi connectivity index (χ4n) is 2.28. The van der Waals surface area contributed by atoms with E-state index in [2.05, 4.69) is 4.98 Å². The van der Waals surface area contributed by atoms with Crippen molar-refractivity contribution in [2.45, 2.75) is 26.8 Å². The highest BCUT2D eigenvalue weighted by Gasteiger charge is 2.24. The van der Waals surface area contributed by atoms with Crippen molar-refractivity contribution >= 4 is 23.0 Å². The molecule has 1 unspecified atom stereocenters. The first kappa shape index (κ1) is 14.0. The van der Waals surface area contributed by atoms with E-state index in [0.717, 1.165) is 0 Å². The van der Waals surface area contributed by atoms with Crippen LogP contribution in [0.4, 0.5) is 0 Å². The molecule has 0 bridgehead atoms. The number of hydrogen-bond donors (Lipinski definition) is 1. The maximum absolute atomic E-state index is 11.9. The first-order valence-electron chi connectivity index (χ1n) is 6.34. The molecule has 1 atom stereocenters. The van der Waals surface area contributed by atoms with Crippen LogP contribution in [0, 0.1) is 6.92 Å². The second-order valence-corrected chi connectivity index (χ2v) is 4.44. The van der Waals surface area contributed by atoms with Crippen molar-refractivity contribution < 1.29 is 19.4 Å². The van der Waals surface area contributed by atoms with Gasteiger partial charge in [-0.1, -0.05) is 6.07 Å². The molecular weight excluding hydrogens is 260 g/mol. The van der Waals surface area contributed by atoms with E-state index >= 15 is 0 Å². The van der Waals surface area contributed by atoms with Gasteiger partial charge in [-0.25, -0.2) is 14.6 Å². The standard InChI is InChI=1S/C14H16N2O4/c1-4-20-14(19)8(2)16-9(3)15-11-7-5-6-10(12(11)16)13(17)18/h5-8H,4H2,1-3H3,(H,17,18). The minimum absolute atomic E-state index is 0.124. The fourth-order valence-corrected chi connectivity index (χ4v) is 2.28. The Balaban J connectivity index is 2.66. The van der Waals surface area contributed by atoms with Crippen LogP contribution in [-0.2, 0) is 9.53 Å². The number of esters is 1. The highest BCUT2D eigenvalue weighted by Crippen LogP contribution is 2.25. The van der Waals surface area contributed by atoms with Gasteiger partial charge in [0.25, 0.3) is 0 Å². The quantitative estimate of drug-likeness (QED) is 0.865. The highest BCUT2D eigenvalue weighted by molar-refractivity contribution is 6.01. The summed E-state index contributed by atoms with van der Waals surface area (Å²) in [4.78, 5) is 27.5. The van der Waals surface area contributed by atoms with Crippen molar-refractivity contribution in [2.75, 3.05) is 6.61 Å². The molecule has 0 aliphatic carbocycles. The average Bonchev–Trinajstić information content (AvgIpc) is 2.73. The number of hydrogen-bond acceptors (Lipinski definition) is 4. The summed E-state index contributed by atoms with van der Waals surface area (Å²) in [5.41, 5.74) is 1.12. The summed E-state index contributed by atoms with van der Waals surface area (Å²) in [5, 5.41) is 9.28. The molecular formula is C14H16N2O4. The van der Waals surface area contributed by atoms with E-state index in [1.165, 1.54) is 6.07 Å². The van der Waals surface area contributed by atoms with E-state index in [-0.39, 0.29) is 12.2 Å². The molecule has 1 aromatic heterocycles. The lowest BCUT2D eigenvalue weighted by Gasteiger charge is -2.15. The lowest BCUT2D eigenvalue weighted by molar-refractivity contribution is -0.146. The second-order valence-electron chi connectivity index (χ2n) is 4.44. The molecule has 0 aliphatic rings. The Morgan fingerprint density at radius 2 is 2.15 bits per heavy atom. The van der Waals surface area contributed by atoms with Gasteiger partial charge in [0.05, 0.1) is 23.2 Å². The predicted molar refractivity (Wildman–Crippen MR) is 72.8 cm³/mol. The maximum atomic E-state index is 11.9. The predicted octanol–water partition coefficient (Wildman–Crippen LogP) is 2.17. The lowest BCUT2D eigenvalue weighted by Crippen LogP contribution is -2.21. The van der Waals surface area contributed by atoms with E-state index in [1.807, 2.05) is 0 Å². The molecule has 2 aromatic rings. The van der Waals surface area contributed by atoms with Crippen LogP contribution in [-0.4, -0.2) is 33.2 Å². The minimum atomic E-state index is -1.05. The molecule has 106 valence electrons. The Labute approximate surface area is 116 Å². The summed E-state index contributed by atoms with van der Waals surface area (Å²) >= 11 is 0. The summed E-state index contributed by atoms with van der Waals surface area (Å²) < 4.78 is 6.60. The van der Waals surface area contributed by atoms with Gasteiger partial charge in [0, 0.05) is 0 Å². The molecule has 0 spiro atoms. The Hall–Kier alpha value is -2.37. The van der Waals surface area contributed by atoms with Crippen molar-refractivity contribution in [3.63, 3.8) is 0 Å². The number of carbonyl (C=O) groups is 2. The van der Waals surface area contributed by atoms with Gasteiger partial charge in [-0.2, -0.15) is 0 Å². The fraction of sp³-hybridized carbons (Fsp3) is 0.357. The molecule has 1 heterocycles. The van der Waals surface area contributed by atoms with Crippen molar-refractivity contribution in [1.82, 2.24) is 9.55 Å². The van der Waals surface area contributed by atoms with Crippen LogP contribution in [0.15, 0.2) is 18.2 Å². The van der Waals surface area contributed by atoms with E-state index < -0.39 is 18.0 Å². The summed E-state index contributed by atoms with van der Waals surface area (Å²) in [5.74, 6) is -0.878. The lowest BCUT2D eigenvalue weighted by atomic mass is 10.1. The van der Waals surface area contributed by atoms with Gasteiger partial charge in [0.2, 0.25) is 0 Å². The second kappa shape index (κ2) is 5.32. The number of aromatic carboxylic acids is 1. The molecule has 6 heteroatoms. The number of rotatable bonds is 4. The van der Waals surface area contributed by atoms with Gasteiger partial charge in [-0.15, -0.1) is 0 Å². The number of carboxylic acid groups (broad SMARTS) is 1. The first-order valence-corrected chi connectivity index (χ1v) is 6.34. The van der Waals surface area contributed by atoms with E-state index in [9.17, 15) is 14.7 Å². The molecule has 1 N–H and O–H groups in total. The van der Waals surface area contributed by atoms with Crippen molar-refractivity contribution in [3.8, 4) is 0 Å². The highest BCUT2D eigenvalue weighted by atomic mass is 16.5. The van der Waals surface area contributed by atoms with Crippen LogP contribution in [0.3, 0.4) is 0 Å². The zero-order valence-electron chi connectivity index (χ0n) is 11.6. The number of nitrogens with zero attached hydrogens (tertiary/aromatic N) is 2. The molecule has 1 aromatic carbocycles. The minimum Gasteiger partial charge on any atom is -0.478 e. The van der Waals surface area contributed by atoms with Crippen LogP contribution in [0.5, 0.6) is 0 Å². The van der Waals surface area contributed by atoms with Gasteiger partial charge in [0.1, 0.15) is 11.9 Å². The third kappa shape index (κ3) is 2.24. The molecule has 0 radical (unpaired) electrons. The number of carbonyl (C=O) groups excluding carboxylic acids is 1.